The number of carbonyl (C=O) groups excluding carboxylic acids is 2. The third kappa shape index (κ3) is 6.53. The Kier molecular flexibility index (Phi) is 6.85. The molecule has 0 atom stereocenters. The fourth-order valence-corrected chi connectivity index (χ4v) is 2.10. The van der Waals surface area contributed by atoms with Crippen LogP contribution in [0.5, 0.6) is 0 Å². The SMILES string of the molecule is NC(=NC(=O)OCc1ccccc1)SC(=O)OCc1ccccc1. The average Bonchev–Trinajstić information content (AvgIpc) is 2.60. The van der Waals surface area contributed by atoms with Gasteiger partial charge in [0.25, 0.3) is 0 Å². The first-order valence-electron chi connectivity index (χ1n) is 7.07. The van der Waals surface area contributed by atoms with Crippen molar-refractivity contribution in [2.24, 2.45) is 10.7 Å². The number of nitrogens with two attached hydrogens (primary N) is 1. The summed E-state index contributed by atoms with van der Waals surface area (Å²) in [6, 6.07) is 18.4. The first-order chi connectivity index (χ1) is 11.6. The summed E-state index contributed by atoms with van der Waals surface area (Å²) in [7, 11) is 0. The first kappa shape index (κ1) is 17.6. The maximum absolute atomic E-state index is 11.6. The summed E-state index contributed by atoms with van der Waals surface area (Å²) in [4.78, 5) is 26.6. The van der Waals surface area contributed by atoms with Crippen LogP contribution in [-0.2, 0) is 22.7 Å². The molecule has 0 bridgehead atoms. The van der Waals surface area contributed by atoms with Crippen molar-refractivity contribution in [2.45, 2.75) is 13.2 Å². The molecule has 7 heteroatoms. The molecule has 0 aliphatic rings. The molecule has 0 aliphatic carbocycles. The maximum atomic E-state index is 11.6. The van der Waals surface area contributed by atoms with E-state index in [1.807, 2.05) is 60.7 Å². The lowest BCUT2D eigenvalue weighted by Gasteiger charge is -2.04. The normalized spacial score (nSPS) is 10.9. The highest BCUT2D eigenvalue weighted by atomic mass is 32.2. The number of ether oxygens (including phenoxy) is 2. The van der Waals surface area contributed by atoms with E-state index in [-0.39, 0.29) is 18.4 Å². The zero-order valence-electron chi connectivity index (χ0n) is 12.8. The average molecular weight is 344 g/mol. The highest BCUT2D eigenvalue weighted by Crippen LogP contribution is 2.10. The van der Waals surface area contributed by atoms with Crippen molar-refractivity contribution >= 4 is 28.3 Å². The zero-order valence-corrected chi connectivity index (χ0v) is 13.6. The molecule has 0 radical (unpaired) electrons. The highest BCUT2D eigenvalue weighted by Gasteiger charge is 2.10. The molecule has 6 nitrogen and oxygen atoms in total. The molecule has 0 saturated carbocycles. The van der Waals surface area contributed by atoms with Gasteiger partial charge in [-0.25, -0.2) is 9.59 Å². The molecule has 0 aromatic heterocycles. The first-order valence-corrected chi connectivity index (χ1v) is 7.88. The lowest BCUT2D eigenvalue weighted by atomic mass is 10.2. The fraction of sp³-hybridized carbons (Fsp3) is 0.118. The Hall–Kier alpha value is -2.80. The van der Waals surface area contributed by atoms with Crippen LogP contribution in [0.1, 0.15) is 11.1 Å². The molecule has 24 heavy (non-hydrogen) atoms. The van der Waals surface area contributed by atoms with Crippen LogP contribution >= 0.6 is 11.8 Å². The molecule has 2 aromatic carbocycles. The number of amides is 1. The van der Waals surface area contributed by atoms with Gasteiger partial charge in [0.15, 0.2) is 5.17 Å². The molecular weight excluding hydrogens is 328 g/mol. The number of benzene rings is 2. The number of rotatable bonds is 4. The van der Waals surface area contributed by atoms with Crippen LogP contribution in [0.15, 0.2) is 65.7 Å². The summed E-state index contributed by atoms with van der Waals surface area (Å²) in [5.41, 5.74) is 7.20. The van der Waals surface area contributed by atoms with E-state index in [4.69, 9.17) is 15.2 Å². The molecular formula is C17H16N2O4S. The minimum atomic E-state index is -0.861. The summed E-state index contributed by atoms with van der Waals surface area (Å²) < 4.78 is 9.96. The minimum absolute atomic E-state index is 0.0829. The molecule has 0 heterocycles. The number of hydrogen-bond acceptors (Lipinski definition) is 5. The van der Waals surface area contributed by atoms with Crippen LogP contribution in [0.25, 0.3) is 0 Å². The van der Waals surface area contributed by atoms with Gasteiger partial charge < -0.3 is 15.2 Å². The van der Waals surface area contributed by atoms with Crippen molar-refractivity contribution in [1.82, 2.24) is 0 Å². The smallest absolute Gasteiger partial charge is 0.436 e. The van der Waals surface area contributed by atoms with Gasteiger partial charge in [-0.1, -0.05) is 60.7 Å². The maximum Gasteiger partial charge on any atom is 0.436 e. The fourth-order valence-electron chi connectivity index (χ4n) is 1.70. The Labute approximate surface area is 143 Å². The molecule has 0 aliphatic heterocycles. The molecule has 2 aromatic rings. The number of nitrogens with zero attached hydrogens (tertiary/aromatic N) is 1. The van der Waals surface area contributed by atoms with Gasteiger partial charge in [0, 0.05) is 11.8 Å². The Bertz CT molecular complexity index is 705. The predicted octanol–water partition coefficient (Wildman–Crippen LogP) is 3.71. The van der Waals surface area contributed by atoms with Crippen LogP contribution in [0, 0.1) is 0 Å². The van der Waals surface area contributed by atoms with E-state index < -0.39 is 11.4 Å². The Morgan fingerprint density at radius 3 is 1.92 bits per heavy atom. The largest absolute Gasteiger partial charge is 0.452 e. The molecule has 124 valence electrons. The molecule has 2 N–H and O–H groups in total. The van der Waals surface area contributed by atoms with Gasteiger partial charge in [0.1, 0.15) is 13.2 Å². The third-order valence-electron chi connectivity index (χ3n) is 2.79. The van der Waals surface area contributed by atoms with E-state index in [0.29, 0.717) is 11.8 Å². The number of hydrogen-bond donors (Lipinski definition) is 1. The van der Waals surface area contributed by atoms with E-state index in [1.54, 1.807) is 0 Å². The predicted molar refractivity (Wildman–Crippen MR) is 92.5 cm³/mol. The van der Waals surface area contributed by atoms with Crippen LogP contribution in [0.3, 0.4) is 0 Å². The van der Waals surface area contributed by atoms with E-state index in [9.17, 15) is 9.59 Å². The Balaban J connectivity index is 1.73. The van der Waals surface area contributed by atoms with Gasteiger partial charge in [0.2, 0.25) is 0 Å². The lowest BCUT2D eigenvalue weighted by Crippen LogP contribution is -2.14. The molecule has 0 saturated heterocycles. The van der Waals surface area contributed by atoms with Crippen LogP contribution in [-0.4, -0.2) is 16.6 Å². The second kappa shape index (κ2) is 9.36. The van der Waals surface area contributed by atoms with Crippen molar-refractivity contribution in [3.05, 3.63) is 71.8 Å². The molecule has 0 fully saturated rings. The van der Waals surface area contributed by atoms with Gasteiger partial charge in [-0.2, -0.15) is 4.99 Å². The molecule has 2 rings (SSSR count). The summed E-state index contributed by atoms with van der Waals surface area (Å²) in [6.07, 6.45) is -0.861. The van der Waals surface area contributed by atoms with Crippen molar-refractivity contribution in [3.8, 4) is 0 Å². The van der Waals surface area contributed by atoms with Crippen LogP contribution in [0.2, 0.25) is 0 Å². The lowest BCUT2D eigenvalue weighted by molar-refractivity contribution is 0.151. The van der Waals surface area contributed by atoms with Crippen molar-refractivity contribution in [3.63, 3.8) is 0 Å². The van der Waals surface area contributed by atoms with E-state index >= 15 is 0 Å². The monoisotopic (exact) mass is 344 g/mol. The van der Waals surface area contributed by atoms with Crippen molar-refractivity contribution in [1.29, 1.82) is 0 Å². The molecule has 0 spiro atoms. The zero-order chi connectivity index (χ0) is 17.2. The van der Waals surface area contributed by atoms with E-state index in [0.717, 1.165) is 11.1 Å². The second-order valence-corrected chi connectivity index (χ2v) is 5.57. The second-order valence-electron chi connectivity index (χ2n) is 4.62. The van der Waals surface area contributed by atoms with Crippen molar-refractivity contribution < 1.29 is 19.1 Å². The van der Waals surface area contributed by atoms with Crippen LogP contribution < -0.4 is 5.73 Å². The van der Waals surface area contributed by atoms with Gasteiger partial charge in [0.05, 0.1) is 0 Å². The summed E-state index contributed by atoms with van der Waals surface area (Å²) >= 11 is 0.535. The number of aliphatic imine (C=N–C) groups is 1. The van der Waals surface area contributed by atoms with Crippen LogP contribution in [0.4, 0.5) is 9.59 Å². The van der Waals surface area contributed by atoms with Gasteiger partial charge >= 0.3 is 11.4 Å². The Morgan fingerprint density at radius 2 is 1.38 bits per heavy atom. The third-order valence-corrected chi connectivity index (χ3v) is 3.38. The van der Waals surface area contributed by atoms with Gasteiger partial charge in [-0.3, -0.25) is 0 Å². The van der Waals surface area contributed by atoms with Gasteiger partial charge in [-0.05, 0) is 11.1 Å². The number of thioether (sulfide) groups is 1. The highest BCUT2D eigenvalue weighted by molar-refractivity contribution is 8.26. The van der Waals surface area contributed by atoms with E-state index in [2.05, 4.69) is 4.99 Å². The number of carbonyl (C=O) groups is 2. The van der Waals surface area contributed by atoms with Crippen molar-refractivity contribution in [2.75, 3.05) is 0 Å². The quantitative estimate of drug-likeness (QED) is 0.516. The molecule has 1 amide bonds. The standard InChI is InChI=1S/C17H16N2O4S/c18-15(19-16(20)22-11-13-7-3-1-4-8-13)24-17(21)23-12-14-9-5-2-6-10-14/h1-10H,11-12H2,(H2,18,19,20). The summed E-state index contributed by atoms with van der Waals surface area (Å²) in [6.45, 7) is 0.206. The van der Waals surface area contributed by atoms with E-state index in [1.165, 1.54) is 0 Å². The number of amidine groups is 1. The Morgan fingerprint density at radius 1 is 0.875 bits per heavy atom. The summed E-state index contributed by atoms with van der Waals surface area (Å²) in [5.74, 6) is 0. The topological polar surface area (TPSA) is 91.0 Å². The minimum Gasteiger partial charge on any atom is -0.452 e. The van der Waals surface area contributed by atoms with Gasteiger partial charge in [-0.15, -0.1) is 0 Å². The summed E-state index contributed by atoms with van der Waals surface area (Å²) in [5, 5.41) is -0.873. The molecule has 0 unspecified atom stereocenters.